The number of nitriles is 1. The van der Waals surface area contributed by atoms with E-state index in [1.807, 2.05) is 12.1 Å². The van der Waals surface area contributed by atoms with E-state index in [1.54, 1.807) is 31.3 Å². The van der Waals surface area contributed by atoms with E-state index in [4.69, 9.17) is 10.00 Å². The average Bonchev–Trinajstić information content (AvgIpc) is 2.93. The van der Waals surface area contributed by atoms with Gasteiger partial charge in [0.1, 0.15) is 0 Å². The number of hydrogen-bond donors (Lipinski definition) is 0. The van der Waals surface area contributed by atoms with Crippen molar-refractivity contribution in [3.8, 4) is 17.5 Å². The Morgan fingerprint density at radius 1 is 1.33 bits per heavy atom. The monoisotopic (exact) mass is 303 g/mol. The van der Waals surface area contributed by atoms with Gasteiger partial charge in [0.25, 0.3) is 0 Å². The fourth-order valence-corrected chi connectivity index (χ4v) is 2.71. The van der Waals surface area contributed by atoms with Crippen LogP contribution in [-0.4, -0.2) is 39.2 Å². The molecule has 0 N–H and O–H groups in total. The Kier molecular flexibility index (Phi) is 6.19. The molecule has 0 bridgehead atoms. The van der Waals surface area contributed by atoms with Gasteiger partial charge in [0, 0.05) is 37.2 Å². The number of pyridine rings is 1. The summed E-state index contributed by atoms with van der Waals surface area (Å²) in [5.41, 5.74) is 0.984. The summed E-state index contributed by atoms with van der Waals surface area (Å²) in [5, 5.41) is 18.0. The smallest absolute Gasteiger partial charge is 0.191 e. The molecule has 0 radical (unpaired) electrons. The third-order valence-corrected chi connectivity index (χ3v) is 3.89. The second-order valence-electron chi connectivity index (χ2n) is 4.30. The van der Waals surface area contributed by atoms with E-state index in [0.29, 0.717) is 19.6 Å². The second-order valence-corrected chi connectivity index (χ2v) is 5.36. The van der Waals surface area contributed by atoms with Crippen LogP contribution in [0.2, 0.25) is 0 Å². The van der Waals surface area contributed by atoms with Gasteiger partial charge in [-0.05, 0) is 18.6 Å². The fourth-order valence-electron chi connectivity index (χ4n) is 1.81. The Morgan fingerprint density at radius 2 is 2.14 bits per heavy atom. The van der Waals surface area contributed by atoms with Crippen LogP contribution in [0.1, 0.15) is 12.8 Å². The quantitative estimate of drug-likeness (QED) is 0.550. The average molecular weight is 303 g/mol. The minimum absolute atomic E-state index is 0.566. The summed E-state index contributed by atoms with van der Waals surface area (Å²) in [6.07, 6.45) is 4.90. The molecule has 6 nitrogen and oxygen atoms in total. The first kappa shape index (κ1) is 15.5. The molecule has 0 atom stereocenters. The molecule has 2 aromatic rings. The molecule has 0 aliphatic heterocycles. The number of unbranched alkanes of at least 4 members (excludes halogenated alkanes) is 1. The first-order chi connectivity index (χ1) is 10.4. The Hall–Kier alpha value is -1.91. The molecule has 0 amide bonds. The Labute approximate surface area is 128 Å². The minimum atomic E-state index is 0.566. The normalized spacial score (nSPS) is 10.5. The molecule has 7 heteroatoms. The predicted octanol–water partition coefficient (Wildman–Crippen LogP) is 2.38. The zero-order valence-corrected chi connectivity index (χ0v) is 12.7. The largest absolute Gasteiger partial charge is 0.383 e. The third-order valence-electron chi connectivity index (χ3n) is 2.84. The van der Waals surface area contributed by atoms with Crippen molar-refractivity contribution >= 4 is 11.8 Å². The number of thioether (sulfide) groups is 1. The summed E-state index contributed by atoms with van der Waals surface area (Å²) >= 11 is 1.62. The van der Waals surface area contributed by atoms with Crippen LogP contribution in [0.25, 0.3) is 11.4 Å². The van der Waals surface area contributed by atoms with Crippen LogP contribution in [0.5, 0.6) is 0 Å². The summed E-state index contributed by atoms with van der Waals surface area (Å²) in [5.74, 6) is 1.67. The number of nitrogens with zero attached hydrogens (tertiary/aromatic N) is 5. The van der Waals surface area contributed by atoms with Crippen molar-refractivity contribution in [1.29, 1.82) is 5.26 Å². The zero-order valence-electron chi connectivity index (χ0n) is 11.9. The Balaban J connectivity index is 2.17. The van der Waals surface area contributed by atoms with E-state index in [0.717, 1.165) is 28.7 Å². The zero-order chi connectivity index (χ0) is 14.9. The highest BCUT2D eigenvalue weighted by atomic mass is 32.2. The molecule has 2 rings (SSSR count). The van der Waals surface area contributed by atoms with Crippen LogP contribution < -0.4 is 0 Å². The Morgan fingerprint density at radius 3 is 2.86 bits per heavy atom. The standard InChI is InChI=1S/C14H17N5OS/c1-20-10-9-19-13(12-4-7-16-8-5-12)17-18-14(19)21-11-3-2-6-15/h4-5,7-8H,2-3,9-11H2,1H3. The number of hydrogen-bond acceptors (Lipinski definition) is 6. The number of ether oxygens (including phenoxy) is 1. The van der Waals surface area contributed by atoms with Crippen LogP contribution in [-0.2, 0) is 11.3 Å². The summed E-state index contributed by atoms with van der Waals surface area (Å²) < 4.78 is 7.21. The Bertz CT molecular complexity index is 593. The highest BCUT2D eigenvalue weighted by Gasteiger charge is 2.13. The topological polar surface area (TPSA) is 76.6 Å². The molecule has 0 aliphatic rings. The molecular weight excluding hydrogens is 286 g/mol. The van der Waals surface area contributed by atoms with Gasteiger partial charge in [-0.2, -0.15) is 5.26 Å². The van der Waals surface area contributed by atoms with Crippen LogP contribution >= 0.6 is 11.8 Å². The van der Waals surface area contributed by atoms with Gasteiger partial charge >= 0.3 is 0 Å². The molecular formula is C14H17N5OS. The lowest BCUT2D eigenvalue weighted by Gasteiger charge is -2.09. The molecule has 21 heavy (non-hydrogen) atoms. The molecule has 0 saturated carbocycles. The van der Waals surface area contributed by atoms with Gasteiger partial charge in [0.15, 0.2) is 11.0 Å². The first-order valence-corrected chi connectivity index (χ1v) is 7.67. The SMILES string of the molecule is COCCn1c(SCCCC#N)nnc1-c1ccncc1. The van der Waals surface area contributed by atoms with Crippen molar-refractivity contribution in [1.82, 2.24) is 19.7 Å². The van der Waals surface area contributed by atoms with Crippen molar-refractivity contribution < 1.29 is 4.74 Å². The minimum Gasteiger partial charge on any atom is -0.383 e. The van der Waals surface area contributed by atoms with Crippen molar-refractivity contribution in [3.63, 3.8) is 0 Å². The molecule has 110 valence electrons. The van der Waals surface area contributed by atoms with E-state index in [2.05, 4.69) is 25.8 Å². The van der Waals surface area contributed by atoms with Crippen molar-refractivity contribution in [2.24, 2.45) is 0 Å². The fraction of sp³-hybridized carbons (Fsp3) is 0.429. The van der Waals surface area contributed by atoms with E-state index in [1.165, 1.54) is 0 Å². The number of rotatable bonds is 8. The molecule has 0 spiro atoms. The van der Waals surface area contributed by atoms with Crippen LogP contribution in [0.15, 0.2) is 29.7 Å². The lowest BCUT2D eigenvalue weighted by atomic mass is 10.2. The van der Waals surface area contributed by atoms with Gasteiger partial charge in [0.2, 0.25) is 0 Å². The van der Waals surface area contributed by atoms with Crippen molar-refractivity contribution in [3.05, 3.63) is 24.5 Å². The number of methoxy groups -OCH3 is 1. The van der Waals surface area contributed by atoms with Gasteiger partial charge < -0.3 is 4.74 Å². The second kappa shape index (κ2) is 8.39. The van der Waals surface area contributed by atoms with E-state index < -0.39 is 0 Å². The van der Waals surface area contributed by atoms with Gasteiger partial charge in [-0.15, -0.1) is 10.2 Å². The molecule has 2 aromatic heterocycles. The van der Waals surface area contributed by atoms with Gasteiger partial charge in [-0.25, -0.2) is 0 Å². The molecule has 2 heterocycles. The number of aromatic nitrogens is 4. The molecule has 0 saturated heterocycles. The molecule has 0 aromatic carbocycles. The van der Waals surface area contributed by atoms with E-state index in [-0.39, 0.29) is 0 Å². The predicted molar refractivity (Wildman–Crippen MR) is 80.7 cm³/mol. The van der Waals surface area contributed by atoms with Gasteiger partial charge in [-0.3, -0.25) is 9.55 Å². The van der Waals surface area contributed by atoms with Crippen LogP contribution in [0.3, 0.4) is 0 Å². The summed E-state index contributed by atoms with van der Waals surface area (Å²) in [6, 6.07) is 5.98. The molecule has 0 aliphatic carbocycles. The first-order valence-electron chi connectivity index (χ1n) is 6.69. The maximum absolute atomic E-state index is 8.57. The maximum Gasteiger partial charge on any atom is 0.191 e. The van der Waals surface area contributed by atoms with Gasteiger partial charge in [0.05, 0.1) is 19.2 Å². The van der Waals surface area contributed by atoms with Gasteiger partial charge in [-0.1, -0.05) is 11.8 Å². The van der Waals surface area contributed by atoms with E-state index >= 15 is 0 Å². The maximum atomic E-state index is 8.57. The summed E-state index contributed by atoms with van der Waals surface area (Å²) in [7, 11) is 1.68. The summed E-state index contributed by atoms with van der Waals surface area (Å²) in [4.78, 5) is 4.02. The highest BCUT2D eigenvalue weighted by molar-refractivity contribution is 7.99. The molecule has 0 fully saturated rings. The third kappa shape index (κ3) is 4.28. The lowest BCUT2D eigenvalue weighted by Crippen LogP contribution is -2.07. The van der Waals surface area contributed by atoms with E-state index in [9.17, 15) is 0 Å². The van der Waals surface area contributed by atoms with Crippen molar-refractivity contribution in [2.75, 3.05) is 19.5 Å². The van der Waals surface area contributed by atoms with Crippen LogP contribution in [0, 0.1) is 11.3 Å². The molecule has 0 unspecified atom stereocenters. The lowest BCUT2D eigenvalue weighted by molar-refractivity contribution is 0.185. The summed E-state index contributed by atoms with van der Waals surface area (Å²) in [6.45, 7) is 1.30. The van der Waals surface area contributed by atoms with Crippen LogP contribution in [0.4, 0.5) is 0 Å². The highest BCUT2D eigenvalue weighted by Crippen LogP contribution is 2.24. The van der Waals surface area contributed by atoms with Crippen molar-refractivity contribution in [2.45, 2.75) is 24.5 Å².